The van der Waals surface area contributed by atoms with Gasteiger partial charge in [0.2, 0.25) is 0 Å². The van der Waals surface area contributed by atoms with Crippen LogP contribution in [0.5, 0.6) is 0 Å². The number of carboxylic acid groups (broad SMARTS) is 2. The monoisotopic (exact) mass is 862 g/mol. The van der Waals surface area contributed by atoms with Gasteiger partial charge in [0.15, 0.2) is 12.1 Å². The maximum atomic E-state index is 14.7. The molecular formula is C43H53Cl3N2O10. The number of aliphatic hydroxyl groups is 2. The van der Waals surface area contributed by atoms with Crippen LogP contribution in [0, 0.1) is 46.8 Å². The van der Waals surface area contributed by atoms with E-state index in [9.17, 15) is 39.6 Å². The molecule has 58 heavy (non-hydrogen) atoms. The fourth-order valence-electron chi connectivity index (χ4n) is 10.2. The number of aliphatic hydroxyl groups excluding tert-OH is 2. The van der Waals surface area contributed by atoms with E-state index in [1.165, 1.54) is 0 Å². The number of aromatic nitrogens is 1. The van der Waals surface area contributed by atoms with E-state index in [2.05, 4.69) is 23.3 Å². The lowest BCUT2D eigenvalue weighted by Gasteiger charge is -2.49. The van der Waals surface area contributed by atoms with Crippen LogP contribution in [-0.4, -0.2) is 79.7 Å². The quantitative estimate of drug-likeness (QED) is 0.115. The highest BCUT2D eigenvalue weighted by Gasteiger charge is 2.51. The van der Waals surface area contributed by atoms with Gasteiger partial charge >= 0.3 is 11.9 Å². The van der Waals surface area contributed by atoms with Crippen molar-refractivity contribution < 1.29 is 49.1 Å². The molecule has 1 amide bonds. The largest absolute Gasteiger partial charge is 0.511 e. The van der Waals surface area contributed by atoms with E-state index in [0.717, 1.165) is 5.57 Å². The molecule has 6 N–H and O–H groups in total. The standard InChI is InChI=1S/C43H53Cl3N2O10/c1-6-22-15-27-36(50)31(42(55)56)37(51)30-23(10-8-7-9-19(2)17-43(27,5)18-26(22)41(53)54)12-14-25-24(30)13-11-20(3)38(25)58-29-16-28(49)34(21(4)57-29)48-40(52)35-32(44)33(45)39(46)47-35/h7-8,12,14,17-18,20-25,27-30,34,38,47,49,51H,6,9-11,13,15-16H2,1-5H3,(H,48,52)(H,53,54)(H,55,56)/b8-7+,19-17+,37-31-/t20-,21?,22?,23?,24?,25?,27?,28?,29?,30?,34?,38-,43-/m0/s1. The Balaban J connectivity index is 1.30. The fraction of sp³-hybridized carbons (Fsp3) is 0.581. The number of carboxylic acids is 2. The van der Waals surface area contributed by atoms with Crippen LogP contribution < -0.4 is 5.32 Å². The number of carbonyl (C=O) groups is 4. The summed E-state index contributed by atoms with van der Waals surface area (Å²) in [4.78, 5) is 56.0. The smallest absolute Gasteiger partial charge is 0.342 e. The van der Waals surface area contributed by atoms with Gasteiger partial charge in [-0.3, -0.25) is 9.59 Å². The zero-order chi connectivity index (χ0) is 42.4. The van der Waals surface area contributed by atoms with Crippen LogP contribution in [-0.2, 0) is 23.9 Å². The van der Waals surface area contributed by atoms with Crippen molar-refractivity contribution in [3.05, 3.63) is 79.8 Å². The van der Waals surface area contributed by atoms with Crippen molar-refractivity contribution in [1.82, 2.24) is 10.3 Å². The van der Waals surface area contributed by atoms with Crippen LogP contribution in [0.2, 0.25) is 15.2 Å². The van der Waals surface area contributed by atoms with Crippen molar-refractivity contribution in [2.24, 2.45) is 46.8 Å². The number of ether oxygens (including phenoxy) is 2. The lowest BCUT2D eigenvalue weighted by molar-refractivity contribution is -0.256. The van der Waals surface area contributed by atoms with E-state index in [0.29, 0.717) is 32.1 Å². The Hall–Kier alpha value is -3.39. The number of ketones is 1. The zero-order valence-corrected chi connectivity index (χ0v) is 35.5. The molecule has 1 saturated heterocycles. The minimum absolute atomic E-state index is 0.00885. The first-order valence-corrected chi connectivity index (χ1v) is 21.2. The number of aromatic amines is 1. The molecule has 0 spiro atoms. The highest BCUT2D eigenvalue weighted by molar-refractivity contribution is 6.49. The second-order valence-corrected chi connectivity index (χ2v) is 18.1. The molecule has 15 heteroatoms. The number of nitrogens with one attached hydrogen (secondary N) is 2. The summed E-state index contributed by atoms with van der Waals surface area (Å²) in [6.45, 7) is 9.29. The van der Waals surface area contributed by atoms with Gasteiger partial charge in [-0.05, 0) is 76.0 Å². The predicted octanol–water partition coefficient (Wildman–Crippen LogP) is 8.24. The van der Waals surface area contributed by atoms with Crippen molar-refractivity contribution in [1.29, 1.82) is 0 Å². The fourth-order valence-corrected chi connectivity index (χ4v) is 10.8. The van der Waals surface area contributed by atoms with Crippen LogP contribution >= 0.6 is 34.8 Å². The minimum atomic E-state index is -1.52. The third-order valence-corrected chi connectivity index (χ3v) is 14.4. The van der Waals surface area contributed by atoms with E-state index in [1.54, 1.807) is 19.9 Å². The molecule has 12 nitrogen and oxygen atoms in total. The SMILES string of the molecule is CCC1CC2C(=O)/C(C(=O)O)=C(/O)C3C(C=CC4C3CC[C@H](C)[C@@H]4OC3CC(O)C(NC(=O)c4[nH]c(Cl)c(Cl)c4Cl)C(C)O3)C/C=C/C/C(C)=C/[C@@]2(C)C=C1C(=O)O. The molecule has 6 rings (SSSR count). The number of Topliss-reactive ketones (excluding diaryl/α,β-unsaturated/α-hetero) is 1. The van der Waals surface area contributed by atoms with E-state index in [4.69, 9.17) is 44.3 Å². The Labute approximate surface area is 353 Å². The third-order valence-electron chi connectivity index (χ3n) is 13.1. The third kappa shape index (κ3) is 8.61. The normalized spacial score (nSPS) is 39.6. The maximum absolute atomic E-state index is 14.7. The summed E-state index contributed by atoms with van der Waals surface area (Å²) >= 11 is 18.2. The van der Waals surface area contributed by atoms with Crippen LogP contribution in [0.3, 0.4) is 0 Å². The highest BCUT2D eigenvalue weighted by atomic mass is 35.5. The number of H-pyrrole nitrogens is 1. The molecule has 0 bridgehead atoms. The van der Waals surface area contributed by atoms with Gasteiger partial charge in [-0.2, -0.15) is 0 Å². The number of carbonyl (C=O) groups excluding carboxylic acids is 2. The first kappa shape index (κ1) is 44.2. The highest BCUT2D eigenvalue weighted by Crippen LogP contribution is 2.52. The van der Waals surface area contributed by atoms with Crippen LogP contribution in [0.1, 0.15) is 90.1 Å². The number of fused-ring (bicyclic) bond motifs is 4. The average molecular weight is 864 g/mol. The van der Waals surface area contributed by atoms with E-state index in [-0.39, 0.29) is 63.0 Å². The first-order chi connectivity index (χ1) is 27.4. The van der Waals surface area contributed by atoms with Crippen LogP contribution in [0.15, 0.2) is 58.9 Å². The summed E-state index contributed by atoms with van der Waals surface area (Å²) in [5.41, 5.74) is -0.704. The molecule has 0 radical (unpaired) electrons. The molecule has 4 aliphatic carbocycles. The topological polar surface area (TPSA) is 195 Å². The Morgan fingerprint density at radius 3 is 2.38 bits per heavy atom. The second-order valence-electron chi connectivity index (χ2n) is 17.0. The molecule has 13 atom stereocenters. The minimum Gasteiger partial charge on any atom is -0.511 e. The van der Waals surface area contributed by atoms with Gasteiger partial charge in [-0.1, -0.05) is 97.6 Å². The van der Waals surface area contributed by atoms with Gasteiger partial charge in [0.1, 0.15) is 22.2 Å². The summed E-state index contributed by atoms with van der Waals surface area (Å²) in [5, 5.41) is 47.1. The van der Waals surface area contributed by atoms with Crippen molar-refractivity contribution in [2.45, 2.75) is 110 Å². The van der Waals surface area contributed by atoms with E-state index in [1.807, 2.05) is 38.2 Å². The van der Waals surface area contributed by atoms with Gasteiger partial charge in [-0.15, -0.1) is 0 Å². The molecule has 1 aromatic heterocycles. The predicted molar refractivity (Wildman–Crippen MR) is 219 cm³/mol. The first-order valence-electron chi connectivity index (χ1n) is 20.1. The average Bonchev–Trinajstić information content (AvgIpc) is 3.42. The summed E-state index contributed by atoms with van der Waals surface area (Å²) in [6.07, 6.45) is 11.5. The van der Waals surface area contributed by atoms with Crippen molar-refractivity contribution in [3.8, 4) is 0 Å². The van der Waals surface area contributed by atoms with Crippen LogP contribution in [0.4, 0.5) is 0 Å². The van der Waals surface area contributed by atoms with Gasteiger partial charge < -0.3 is 40.2 Å². The number of aliphatic carboxylic acids is 2. The molecule has 10 unspecified atom stereocenters. The number of amides is 1. The van der Waals surface area contributed by atoms with Gasteiger partial charge in [0.05, 0.1) is 34.4 Å². The molecule has 316 valence electrons. The molecular weight excluding hydrogens is 811 g/mol. The van der Waals surface area contributed by atoms with Gasteiger partial charge in [0, 0.05) is 35.2 Å². The van der Waals surface area contributed by atoms with Crippen molar-refractivity contribution >= 4 is 58.4 Å². The van der Waals surface area contributed by atoms with Gasteiger partial charge in [-0.25, -0.2) is 9.59 Å². The molecule has 0 aromatic carbocycles. The number of hydrogen-bond acceptors (Lipinski definition) is 8. The summed E-state index contributed by atoms with van der Waals surface area (Å²) in [6, 6.07) is -0.817. The van der Waals surface area contributed by atoms with Crippen molar-refractivity contribution in [3.63, 3.8) is 0 Å². The summed E-state index contributed by atoms with van der Waals surface area (Å²) in [7, 11) is 0. The molecule has 2 heterocycles. The second kappa shape index (κ2) is 17.7. The molecule has 1 aliphatic heterocycles. The van der Waals surface area contributed by atoms with E-state index < -0.39 is 88.8 Å². The Kier molecular flexibility index (Phi) is 13.5. The number of allylic oxidation sites excluding steroid dienone is 7. The number of halogens is 3. The zero-order valence-electron chi connectivity index (χ0n) is 33.2. The Morgan fingerprint density at radius 2 is 1.76 bits per heavy atom. The molecule has 1 saturated carbocycles. The molecule has 5 aliphatic rings. The molecule has 2 fully saturated rings. The lowest BCUT2D eigenvalue weighted by Crippen LogP contribution is -2.57. The van der Waals surface area contributed by atoms with Crippen molar-refractivity contribution in [2.75, 3.05) is 0 Å². The summed E-state index contributed by atoms with van der Waals surface area (Å²) in [5.74, 6) is -7.45. The van der Waals surface area contributed by atoms with Gasteiger partial charge in [0.25, 0.3) is 5.91 Å². The Morgan fingerprint density at radius 1 is 1.03 bits per heavy atom. The lowest BCUT2D eigenvalue weighted by atomic mass is 9.59. The number of rotatable bonds is 7. The summed E-state index contributed by atoms with van der Waals surface area (Å²) < 4.78 is 12.9. The molecule has 1 aromatic rings. The van der Waals surface area contributed by atoms with Crippen LogP contribution in [0.25, 0.3) is 0 Å². The Bertz CT molecular complexity index is 1960. The van der Waals surface area contributed by atoms with E-state index >= 15 is 0 Å². The number of hydrogen-bond donors (Lipinski definition) is 6. The maximum Gasteiger partial charge on any atom is 0.342 e.